The molecule has 0 radical (unpaired) electrons. The van der Waals surface area contributed by atoms with Crippen LogP contribution in [0.15, 0.2) is 71.6 Å². The standard InChI is InChI=1S/C24H24ClNO5S/c1-4-18-6-5-7-20(14-18)31-16-24(27)26(19-10-13-23(30-3)22(25)15-19)32(28,29)21-11-8-17(2)9-12-21/h5-15H,4,16H2,1-3H3. The maximum absolute atomic E-state index is 13.4. The largest absolute Gasteiger partial charge is 0.495 e. The third kappa shape index (κ3) is 5.23. The van der Waals surface area contributed by atoms with Crippen LogP contribution >= 0.6 is 11.6 Å². The molecule has 0 bridgehead atoms. The molecule has 0 aliphatic rings. The average Bonchev–Trinajstić information content (AvgIpc) is 2.78. The highest BCUT2D eigenvalue weighted by atomic mass is 35.5. The van der Waals surface area contributed by atoms with Gasteiger partial charge in [0.2, 0.25) is 0 Å². The Kier molecular flexibility index (Phi) is 7.43. The number of carbonyl (C=O) groups excluding carboxylic acids is 1. The molecule has 0 saturated heterocycles. The Morgan fingerprint density at radius 2 is 1.75 bits per heavy atom. The predicted molar refractivity (Wildman–Crippen MR) is 125 cm³/mol. The van der Waals surface area contributed by atoms with Crippen molar-refractivity contribution in [2.24, 2.45) is 0 Å². The maximum atomic E-state index is 13.4. The summed E-state index contributed by atoms with van der Waals surface area (Å²) >= 11 is 6.21. The van der Waals surface area contributed by atoms with E-state index < -0.39 is 22.5 Å². The molecule has 3 aromatic carbocycles. The van der Waals surface area contributed by atoms with Gasteiger partial charge >= 0.3 is 0 Å². The molecule has 1 amide bonds. The van der Waals surface area contributed by atoms with Gasteiger partial charge in [-0.3, -0.25) is 4.79 Å². The summed E-state index contributed by atoms with van der Waals surface area (Å²) in [6.07, 6.45) is 0.809. The lowest BCUT2D eigenvalue weighted by Crippen LogP contribution is -2.40. The molecular weight excluding hydrogens is 450 g/mol. The first kappa shape index (κ1) is 23.6. The van der Waals surface area contributed by atoms with Gasteiger partial charge in [-0.15, -0.1) is 0 Å². The second kappa shape index (κ2) is 10.1. The van der Waals surface area contributed by atoms with E-state index in [2.05, 4.69) is 0 Å². The smallest absolute Gasteiger partial charge is 0.278 e. The summed E-state index contributed by atoms with van der Waals surface area (Å²) in [5.74, 6) is 0.0926. The molecule has 168 valence electrons. The quantitative estimate of drug-likeness (QED) is 0.459. The number of amides is 1. The van der Waals surface area contributed by atoms with E-state index in [0.717, 1.165) is 17.5 Å². The Labute approximate surface area is 193 Å². The van der Waals surface area contributed by atoms with Gasteiger partial charge in [0.25, 0.3) is 15.9 Å². The number of anilines is 1. The average molecular weight is 474 g/mol. The molecule has 0 aliphatic heterocycles. The van der Waals surface area contributed by atoms with Crippen LogP contribution in [0.2, 0.25) is 5.02 Å². The summed E-state index contributed by atoms with van der Waals surface area (Å²) in [4.78, 5) is 13.2. The lowest BCUT2D eigenvalue weighted by Gasteiger charge is -2.23. The molecule has 0 aromatic heterocycles. The molecule has 6 nitrogen and oxygen atoms in total. The first-order valence-electron chi connectivity index (χ1n) is 9.96. The first-order valence-corrected chi connectivity index (χ1v) is 11.8. The summed E-state index contributed by atoms with van der Waals surface area (Å²) in [6, 6.07) is 17.9. The van der Waals surface area contributed by atoms with Gasteiger partial charge in [-0.05, 0) is 61.4 Å². The van der Waals surface area contributed by atoms with Gasteiger partial charge in [-0.25, -0.2) is 8.42 Å². The molecule has 3 rings (SSSR count). The van der Waals surface area contributed by atoms with Gasteiger partial charge in [0.05, 0.1) is 22.7 Å². The number of hydrogen-bond acceptors (Lipinski definition) is 5. The van der Waals surface area contributed by atoms with Gasteiger partial charge in [-0.1, -0.05) is 48.4 Å². The zero-order valence-corrected chi connectivity index (χ0v) is 19.6. The zero-order chi connectivity index (χ0) is 23.3. The second-order valence-corrected chi connectivity index (χ2v) is 9.28. The third-order valence-corrected chi connectivity index (χ3v) is 6.88. The monoisotopic (exact) mass is 473 g/mol. The fraction of sp³-hybridized carbons (Fsp3) is 0.208. The first-order chi connectivity index (χ1) is 15.3. The summed E-state index contributed by atoms with van der Waals surface area (Å²) in [5.41, 5.74) is 2.03. The predicted octanol–water partition coefficient (Wildman–Crippen LogP) is 5.02. The van der Waals surface area contributed by atoms with Gasteiger partial charge in [0.1, 0.15) is 11.5 Å². The molecule has 8 heteroatoms. The van der Waals surface area contributed by atoms with Crippen molar-refractivity contribution in [3.05, 3.63) is 82.9 Å². The van der Waals surface area contributed by atoms with E-state index in [9.17, 15) is 13.2 Å². The molecule has 32 heavy (non-hydrogen) atoms. The Hall–Kier alpha value is -3.03. The van der Waals surface area contributed by atoms with Crippen LogP contribution in [0.1, 0.15) is 18.1 Å². The molecule has 0 unspecified atom stereocenters. The highest BCUT2D eigenvalue weighted by molar-refractivity contribution is 7.93. The number of sulfonamides is 1. The molecule has 0 spiro atoms. The van der Waals surface area contributed by atoms with E-state index in [1.165, 1.54) is 37.4 Å². The third-order valence-electron chi connectivity index (χ3n) is 4.82. The van der Waals surface area contributed by atoms with Gasteiger partial charge < -0.3 is 9.47 Å². The van der Waals surface area contributed by atoms with Gasteiger partial charge in [-0.2, -0.15) is 4.31 Å². The fourth-order valence-corrected chi connectivity index (χ4v) is 4.73. The van der Waals surface area contributed by atoms with Crippen LogP contribution in [0.4, 0.5) is 5.69 Å². The van der Waals surface area contributed by atoms with Crippen LogP contribution in [0.3, 0.4) is 0 Å². The highest BCUT2D eigenvalue weighted by Gasteiger charge is 2.32. The molecule has 3 aromatic rings. The maximum Gasteiger partial charge on any atom is 0.278 e. The number of benzene rings is 3. The van der Waals surface area contributed by atoms with E-state index in [1.807, 2.05) is 32.0 Å². The number of aryl methyl sites for hydroxylation is 2. The minimum absolute atomic E-state index is 0.0172. The molecule has 0 heterocycles. The number of methoxy groups -OCH3 is 1. The fourth-order valence-electron chi connectivity index (χ4n) is 3.07. The van der Waals surface area contributed by atoms with Crippen LogP contribution in [0.5, 0.6) is 11.5 Å². The normalized spacial score (nSPS) is 11.1. The van der Waals surface area contributed by atoms with Crippen molar-refractivity contribution in [1.29, 1.82) is 0 Å². The molecule has 0 saturated carbocycles. The van der Waals surface area contributed by atoms with Crippen molar-refractivity contribution in [1.82, 2.24) is 0 Å². The molecular formula is C24H24ClNO5S. The SMILES string of the molecule is CCc1cccc(OCC(=O)N(c2ccc(OC)c(Cl)c2)S(=O)(=O)c2ccc(C)cc2)c1. The van der Waals surface area contributed by atoms with E-state index in [0.29, 0.717) is 15.8 Å². The lowest BCUT2D eigenvalue weighted by atomic mass is 10.2. The molecule has 0 aliphatic carbocycles. The molecule has 0 N–H and O–H groups in total. The van der Waals surface area contributed by atoms with Crippen LogP contribution in [0, 0.1) is 6.92 Å². The van der Waals surface area contributed by atoms with Crippen molar-refractivity contribution in [2.75, 3.05) is 18.0 Å². The zero-order valence-electron chi connectivity index (χ0n) is 18.0. The minimum Gasteiger partial charge on any atom is -0.495 e. The van der Waals surface area contributed by atoms with Crippen LogP contribution in [-0.2, 0) is 21.2 Å². The number of ether oxygens (including phenoxy) is 2. The second-order valence-electron chi connectivity index (χ2n) is 7.08. The Morgan fingerprint density at radius 3 is 2.38 bits per heavy atom. The topological polar surface area (TPSA) is 72.9 Å². The van der Waals surface area contributed by atoms with Crippen molar-refractivity contribution in [2.45, 2.75) is 25.2 Å². The number of halogens is 1. The number of carbonyl (C=O) groups is 1. The Bertz CT molecular complexity index is 1210. The summed E-state index contributed by atoms with van der Waals surface area (Å²) < 4.78 is 38.4. The Morgan fingerprint density at radius 1 is 1.03 bits per heavy atom. The lowest BCUT2D eigenvalue weighted by molar-refractivity contribution is -0.119. The Balaban J connectivity index is 1.98. The van der Waals surface area contributed by atoms with Crippen molar-refractivity contribution < 1.29 is 22.7 Å². The van der Waals surface area contributed by atoms with Crippen LogP contribution in [-0.4, -0.2) is 28.0 Å². The minimum atomic E-state index is -4.22. The van der Waals surface area contributed by atoms with E-state index in [4.69, 9.17) is 21.1 Å². The van der Waals surface area contributed by atoms with Crippen LogP contribution in [0.25, 0.3) is 0 Å². The summed E-state index contributed by atoms with van der Waals surface area (Å²) in [6.45, 7) is 3.39. The number of hydrogen-bond donors (Lipinski definition) is 0. The summed E-state index contributed by atoms with van der Waals surface area (Å²) in [5, 5.41) is 0.179. The number of nitrogens with zero attached hydrogens (tertiary/aromatic N) is 1. The summed E-state index contributed by atoms with van der Waals surface area (Å²) in [7, 11) is -2.77. The van der Waals surface area contributed by atoms with Crippen LogP contribution < -0.4 is 13.8 Å². The van der Waals surface area contributed by atoms with Crippen molar-refractivity contribution in [3.8, 4) is 11.5 Å². The molecule has 0 atom stereocenters. The van der Waals surface area contributed by atoms with E-state index >= 15 is 0 Å². The van der Waals surface area contributed by atoms with E-state index in [1.54, 1.807) is 18.2 Å². The number of rotatable bonds is 8. The highest BCUT2D eigenvalue weighted by Crippen LogP contribution is 2.32. The van der Waals surface area contributed by atoms with Gasteiger partial charge in [0, 0.05) is 0 Å². The van der Waals surface area contributed by atoms with Crippen molar-refractivity contribution >= 4 is 33.2 Å². The molecule has 0 fully saturated rings. The van der Waals surface area contributed by atoms with E-state index in [-0.39, 0.29) is 15.6 Å². The van der Waals surface area contributed by atoms with Gasteiger partial charge in [0.15, 0.2) is 6.61 Å². The van der Waals surface area contributed by atoms with Crippen molar-refractivity contribution in [3.63, 3.8) is 0 Å².